The van der Waals surface area contributed by atoms with Crippen molar-refractivity contribution in [2.24, 2.45) is 0 Å². The third-order valence-electron chi connectivity index (χ3n) is 6.26. The molecule has 0 saturated heterocycles. The summed E-state index contributed by atoms with van der Waals surface area (Å²) in [6.45, 7) is 2.03. The van der Waals surface area contributed by atoms with E-state index in [0.717, 1.165) is 30.5 Å². The lowest BCUT2D eigenvalue weighted by atomic mass is 9.94. The molecule has 5 rings (SSSR count). The molecule has 0 bridgehead atoms. The minimum atomic E-state index is -1.84. The molecule has 0 aliphatic rings. The largest absolute Gasteiger partial charge is 0.206 e. The van der Waals surface area contributed by atoms with Crippen LogP contribution in [0.15, 0.2) is 60.7 Å². The highest BCUT2D eigenvalue weighted by atomic mass is 19.2. The second kappa shape index (κ2) is 8.97. The Morgan fingerprint density at radius 3 is 1.89 bits per heavy atom. The second-order valence-electron chi connectivity index (χ2n) is 8.57. The predicted octanol–water partition coefficient (Wildman–Crippen LogP) is 9.25. The molecule has 0 unspecified atom stereocenters. The molecule has 0 fully saturated rings. The lowest BCUT2D eigenvalue weighted by molar-refractivity contribution is 0.451. The molecule has 0 aromatic heterocycles. The molecule has 182 valence electrons. The zero-order valence-electron chi connectivity index (χ0n) is 18.8. The van der Waals surface area contributed by atoms with Crippen molar-refractivity contribution >= 4 is 21.5 Å². The van der Waals surface area contributed by atoms with Crippen LogP contribution in [0.1, 0.15) is 18.9 Å². The lowest BCUT2D eigenvalue weighted by Crippen LogP contribution is -1.99. The molecule has 0 spiro atoms. The van der Waals surface area contributed by atoms with Crippen LogP contribution in [0.25, 0.3) is 43.8 Å². The Morgan fingerprint density at radius 2 is 1.19 bits per heavy atom. The first-order chi connectivity index (χ1) is 17.2. The first-order valence-electron chi connectivity index (χ1n) is 11.2. The number of benzene rings is 5. The third-order valence-corrected chi connectivity index (χ3v) is 6.26. The smallest absolute Gasteiger partial charge is 0.195 e. The average Bonchev–Trinajstić information content (AvgIpc) is 2.85. The maximum absolute atomic E-state index is 15.4. The van der Waals surface area contributed by atoms with Crippen LogP contribution in [0, 0.1) is 40.7 Å². The molecular weight excluding hydrogens is 481 g/mol. The summed E-state index contributed by atoms with van der Waals surface area (Å²) in [4.78, 5) is 0. The van der Waals surface area contributed by atoms with Crippen molar-refractivity contribution < 1.29 is 30.7 Å². The molecule has 0 nitrogen and oxygen atoms in total. The van der Waals surface area contributed by atoms with Crippen LogP contribution >= 0.6 is 0 Å². The van der Waals surface area contributed by atoms with E-state index in [1.807, 2.05) is 19.1 Å². The Balaban J connectivity index is 1.67. The Kier molecular flexibility index (Phi) is 5.94. The van der Waals surface area contributed by atoms with Crippen molar-refractivity contribution in [2.75, 3.05) is 0 Å². The fourth-order valence-electron chi connectivity index (χ4n) is 4.50. The number of rotatable bonds is 4. The number of halogens is 7. The maximum atomic E-state index is 15.4. The van der Waals surface area contributed by atoms with Crippen molar-refractivity contribution in [3.63, 3.8) is 0 Å². The number of hydrogen-bond acceptors (Lipinski definition) is 0. The van der Waals surface area contributed by atoms with Crippen molar-refractivity contribution in [1.29, 1.82) is 0 Å². The monoisotopic (exact) mass is 498 g/mol. The van der Waals surface area contributed by atoms with E-state index in [0.29, 0.717) is 17.7 Å². The minimum absolute atomic E-state index is 0.00438. The van der Waals surface area contributed by atoms with E-state index in [4.69, 9.17) is 0 Å². The highest BCUT2D eigenvalue weighted by Gasteiger charge is 2.23. The van der Waals surface area contributed by atoms with Crippen molar-refractivity contribution in [2.45, 2.75) is 19.8 Å². The summed E-state index contributed by atoms with van der Waals surface area (Å²) in [6.07, 6.45) is 1.80. The van der Waals surface area contributed by atoms with Crippen molar-refractivity contribution in [3.8, 4) is 22.3 Å². The van der Waals surface area contributed by atoms with Gasteiger partial charge in [-0.15, -0.1) is 0 Å². The van der Waals surface area contributed by atoms with Crippen molar-refractivity contribution in [1.82, 2.24) is 0 Å². The first kappa shape index (κ1) is 23.9. The molecule has 36 heavy (non-hydrogen) atoms. The molecule has 0 aliphatic carbocycles. The molecule has 5 aromatic carbocycles. The molecule has 0 atom stereocenters. The van der Waals surface area contributed by atoms with Crippen LogP contribution in [0.2, 0.25) is 0 Å². The summed E-state index contributed by atoms with van der Waals surface area (Å²) in [6, 6.07) is 13.3. The predicted molar refractivity (Wildman–Crippen MR) is 126 cm³/mol. The van der Waals surface area contributed by atoms with E-state index < -0.39 is 57.1 Å². The maximum Gasteiger partial charge on any atom is 0.195 e. The number of aryl methyl sites for hydroxylation is 1. The Morgan fingerprint density at radius 1 is 0.500 bits per heavy atom. The van der Waals surface area contributed by atoms with Crippen LogP contribution in [-0.2, 0) is 6.42 Å². The van der Waals surface area contributed by atoms with Gasteiger partial charge in [0, 0.05) is 11.1 Å². The van der Waals surface area contributed by atoms with Gasteiger partial charge in [-0.3, -0.25) is 0 Å². The van der Waals surface area contributed by atoms with Gasteiger partial charge in [0.1, 0.15) is 11.6 Å². The molecule has 0 saturated carbocycles. The zero-order chi connectivity index (χ0) is 25.7. The van der Waals surface area contributed by atoms with Gasteiger partial charge in [0.2, 0.25) is 0 Å². The van der Waals surface area contributed by atoms with Gasteiger partial charge in [-0.2, -0.15) is 0 Å². The van der Waals surface area contributed by atoms with Gasteiger partial charge in [0.15, 0.2) is 29.1 Å². The molecular formula is C29H17F7. The van der Waals surface area contributed by atoms with Gasteiger partial charge in [-0.25, -0.2) is 30.7 Å². The number of hydrogen-bond donors (Lipinski definition) is 0. The van der Waals surface area contributed by atoms with Gasteiger partial charge in [-0.05, 0) is 58.1 Å². The van der Waals surface area contributed by atoms with Crippen LogP contribution in [0.5, 0.6) is 0 Å². The summed E-state index contributed by atoms with van der Waals surface area (Å²) in [5, 5.41) is -1.77. The van der Waals surface area contributed by atoms with Gasteiger partial charge in [-0.1, -0.05) is 49.7 Å². The Bertz CT molecular complexity index is 1650. The summed E-state index contributed by atoms with van der Waals surface area (Å²) >= 11 is 0. The zero-order valence-corrected chi connectivity index (χ0v) is 18.8. The summed E-state index contributed by atoms with van der Waals surface area (Å²) < 4.78 is 102. The van der Waals surface area contributed by atoms with Gasteiger partial charge < -0.3 is 0 Å². The van der Waals surface area contributed by atoms with Gasteiger partial charge in [0.05, 0.1) is 10.8 Å². The first-order valence-corrected chi connectivity index (χ1v) is 11.2. The fraction of sp³-hybridized carbons (Fsp3) is 0.103. The third kappa shape index (κ3) is 3.79. The lowest BCUT2D eigenvalue weighted by Gasteiger charge is -2.13. The van der Waals surface area contributed by atoms with E-state index in [1.54, 1.807) is 12.1 Å². The molecule has 5 aromatic rings. The highest BCUT2D eigenvalue weighted by Crippen LogP contribution is 2.38. The summed E-state index contributed by atoms with van der Waals surface area (Å²) in [7, 11) is 0. The van der Waals surface area contributed by atoms with Gasteiger partial charge >= 0.3 is 0 Å². The highest BCUT2D eigenvalue weighted by molar-refractivity contribution is 5.94. The molecule has 0 heterocycles. The number of fused-ring (bicyclic) bond motifs is 2. The molecule has 7 heteroatoms. The molecule has 0 N–H and O–H groups in total. The SMILES string of the molecule is CCCc1ccc(-c2ccc3cc(-c4cc(F)c5c(F)c(F)c(F)cc5c4)c(F)c(F)c3c2F)cc1. The topological polar surface area (TPSA) is 0 Å². The normalized spacial score (nSPS) is 11.6. The van der Waals surface area contributed by atoms with Crippen LogP contribution in [-0.4, -0.2) is 0 Å². The Labute approximate surface area is 201 Å². The average molecular weight is 498 g/mol. The van der Waals surface area contributed by atoms with Gasteiger partial charge in [0.25, 0.3) is 0 Å². The van der Waals surface area contributed by atoms with Crippen molar-refractivity contribution in [3.05, 3.63) is 107 Å². The van der Waals surface area contributed by atoms with Crippen LogP contribution in [0.4, 0.5) is 30.7 Å². The fourth-order valence-corrected chi connectivity index (χ4v) is 4.50. The van der Waals surface area contributed by atoms with E-state index in [-0.39, 0.29) is 21.9 Å². The molecule has 0 radical (unpaired) electrons. The summed E-state index contributed by atoms with van der Waals surface area (Å²) in [5.74, 6) is -10.3. The van der Waals surface area contributed by atoms with E-state index in [2.05, 4.69) is 0 Å². The molecule has 0 aliphatic heterocycles. The second-order valence-corrected chi connectivity index (χ2v) is 8.57. The van der Waals surface area contributed by atoms with Crippen LogP contribution < -0.4 is 0 Å². The molecule has 0 amide bonds. The van der Waals surface area contributed by atoms with E-state index in [1.165, 1.54) is 12.1 Å². The Hall–Kier alpha value is -3.87. The summed E-state index contributed by atoms with van der Waals surface area (Å²) in [5.41, 5.74) is 0.948. The standard InChI is InChI=1S/C29H17F7/c1-2-3-14-4-6-15(7-5-14)19-9-8-16-11-20(26(33)29(36)24(16)25(19)32)17-10-18-13-22(31)27(34)28(35)23(18)21(30)12-17/h4-13H,2-3H2,1H3. The quantitative estimate of drug-likeness (QED) is 0.171. The van der Waals surface area contributed by atoms with E-state index in [9.17, 15) is 17.6 Å². The van der Waals surface area contributed by atoms with E-state index >= 15 is 13.2 Å². The minimum Gasteiger partial charge on any atom is -0.206 e. The van der Waals surface area contributed by atoms with Crippen LogP contribution in [0.3, 0.4) is 0 Å².